The van der Waals surface area contributed by atoms with Crippen molar-refractivity contribution in [1.29, 1.82) is 0 Å². The van der Waals surface area contributed by atoms with Crippen LogP contribution < -0.4 is 0 Å². The normalized spacial score (nSPS) is 15.8. The first-order chi connectivity index (χ1) is 10.2. The Morgan fingerprint density at radius 1 is 1.00 bits per heavy atom. The fraction of sp³-hybridized carbons (Fsp3) is 0.368. The molecule has 0 radical (unpaired) electrons. The smallest absolute Gasteiger partial charge is 0.0792 e. The minimum absolute atomic E-state index is 0.208. The zero-order valence-corrected chi connectivity index (χ0v) is 13.9. The lowest BCUT2D eigenvalue weighted by molar-refractivity contribution is 0.156. The molecule has 0 aliphatic heterocycles. The van der Waals surface area contributed by atoms with Crippen LogP contribution in [0.2, 0.25) is 5.02 Å². The number of hydrogen-bond acceptors (Lipinski definition) is 1. The molecule has 1 atom stereocenters. The minimum Gasteiger partial charge on any atom is -0.388 e. The van der Waals surface area contributed by atoms with Gasteiger partial charge >= 0.3 is 0 Å². The molecule has 0 amide bonds. The summed E-state index contributed by atoms with van der Waals surface area (Å²) in [5, 5.41) is 10.4. The molecule has 114 valence electrons. The molecule has 1 aliphatic rings. The molecule has 1 N–H and O–H groups in total. The van der Waals surface area contributed by atoms with Gasteiger partial charge in [-0.05, 0) is 48.9 Å². The number of aryl methyl sites for hydroxylation is 2. The van der Waals surface area contributed by atoms with Gasteiger partial charge in [0, 0.05) is 5.02 Å². The van der Waals surface area contributed by atoms with E-state index in [1.54, 1.807) is 0 Å². The van der Waals surface area contributed by atoms with E-state index in [9.17, 15) is 5.11 Å². The van der Waals surface area contributed by atoms with E-state index in [0.29, 0.717) is 0 Å². The molecule has 0 saturated heterocycles. The average Bonchev–Trinajstić information content (AvgIpc) is 2.53. The first-order valence-corrected chi connectivity index (χ1v) is 8.03. The highest BCUT2D eigenvalue weighted by molar-refractivity contribution is 6.31. The van der Waals surface area contributed by atoms with E-state index in [2.05, 4.69) is 6.07 Å². The number of fused-ring (bicyclic) bond motifs is 1. The van der Waals surface area contributed by atoms with Crippen molar-refractivity contribution in [1.82, 2.24) is 0 Å². The Bertz CT molecular complexity index is 516. The summed E-state index contributed by atoms with van der Waals surface area (Å²) in [5.74, 6) is 0. The second kappa shape index (κ2) is 9.59. The molecule has 2 aromatic carbocycles. The van der Waals surface area contributed by atoms with Gasteiger partial charge in [-0.25, -0.2) is 0 Å². The summed E-state index contributed by atoms with van der Waals surface area (Å²) in [6, 6.07) is 15.9. The lowest BCUT2D eigenvalue weighted by atomic mass is 9.90. The van der Waals surface area contributed by atoms with Gasteiger partial charge in [-0.15, -0.1) is 0 Å². The Hall–Kier alpha value is -1.31. The van der Waals surface area contributed by atoms with Crippen LogP contribution in [0.4, 0.5) is 0 Å². The Labute approximate surface area is 133 Å². The van der Waals surface area contributed by atoms with Crippen molar-refractivity contribution in [3.05, 3.63) is 70.2 Å². The Balaban J connectivity index is 0.000000196. The number of halogens is 1. The molecule has 1 aliphatic carbocycles. The second-order valence-electron chi connectivity index (χ2n) is 4.86. The van der Waals surface area contributed by atoms with Crippen molar-refractivity contribution in [3.8, 4) is 0 Å². The van der Waals surface area contributed by atoms with E-state index >= 15 is 0 Å². The summed E-state index contributed by atoms with van der Waals surface area (Å²) in [7, 11) is 0. The van der Waals surface area contributed by atoms with Crippen LogP contribution >= 0.6 is 11.6 Å². The monoisotopic (exact) mass is 304 g/mol. The minimum atomic E-state index is -0.208. The molecule has 0 unspecified atom stereocenters. The fourth-order valence-corrected chi connectivity index (χ4v) is 2.42. The first kappa shape index (κ1) is 17.7. The average molecular weight is 305 g/mol. The Morgan fingerprint density at radius 3 is 2.19 bits per heavy atom. The Kier molecular flexibility index (Phi) is 8.11. The maximum absolute atomic E-state index is 9.56. The van der Waals surface area contributed by atoms with Crippen LogP contribution in [0.1, 0.15) is 49.5 Å². The van der Waals surface area contributed by atoms with Gasteiger partial charge < -0.3 is 5.11 Å². The number of aliphatic hydroxyl groups is 1. The number of aliphatic hydroxyl groups excluding tert-OH is 1. The van der Waals surface area contributed by atoms with Crippen molar-refractivity contribution in [2.24, 2.45) is 0 Å². The molecule has 1 nitrogen and oxygen atoms in total. The molecular weight excluding hydrogens is 280 g/mol. The molecule has 0 saturated carbocycles. The van der Waals surface area contributed by atoms with E-state index in [0.717, 1.165) is 35.4 Å². The van der Waals surface area contributed by atoms with E-state index in [4.69, 9.17) is 11.6 Å². The topological polar surface area (TPSA) is 20.2 Å². The predicted molar refractivity (Wildman–Crippen MR) is 91.9 cm³/mol. The summed E-state index contributed by atoms with van der Waals surface area (Å²) in [5.41, 5.74) is 3.60. The van der Waals surface area contributed by atoms with Gasteiger partial charge in [0.15, 0.2) is 0 Å². The molecule has 2 heteroatoms. The van der Waals surface area contributed by atoms with E-state index in [-0.39, 0.29) is 6.10 Å². The zero-order valence-electron chi connectivity index (χ0n) is 13.1. The summed E-state index contributed by atoms with van der Waals surface area (Å²) >= 11 is 5.71. The maximum Gasteiger partial charge on any atom is 0.0792 e. The van der Waals surface area contributed by atoms with Gasteiger partial charge in [0.2, 0.25) is 0 Å². The third kappa shape index (κ3) is 5.53. The van der Waals surface area contributed by atoms with Gasteiger partial charge in [0.25, 0.3) is 0 Å². The molecular formula is C19H25ClO. The third-order valence-electron chi connectivity index (χ3n) is 3.41. The van der Waals surface area contributed by atoms with Crippen molar-refractivity contribution < 1.29 is 5.11 Å². The van der Waals surface area contributed by atoms with Crippen molar-refractivity contribution in [2.75, 3.05) is 0 Å². The van der Waals surface area contributed by atoms with Crippen molar-refractivity contribution >= 4 is 11.6 Å². The molecule has 3 rings (SSSR count). The highest BCUT2D eigenvalue weighted by atomic mass is 35.5. The second-order valence-corrected chi connectivity index (χ2v) is 5.26. The number of hydrogen-bond donors (Lipinski definition) is 1. The molecule has 0 fully saturated rings. The van der Waals surface area contributed by atoms with Gasteiger partial charge in [0.05, 0.1) is 6.10 Å². The largest absolute Gasteiger partial charge is 0.388 e. The third-order valence-corrected chi connectivity index (χ3v) is 3.84. The lowest BCUT2D eigenvalue weighted by Crippen LogP contribution is -2.08. The quantitative estimate of drug-likeness (QED) is 0.659. The number of benzene rings is 2. The predicted octanol–water partition coefficient (Wildman–Crippen LogP) is 5.73. The summed E-state index contributed by atoms with van der Waals surface area (Å²) in [4.78, 5) is 0. The Morgan fingerprint density at radius 2 is 1.62 bits per heavy atom. The summed E-state index contributed by atoms with van der Waals surface area (Å²) < 4.78 is 0. The van der Waals surface area contributed by atoms with Crippen molar-refractivity contribution in [3.63, 3.8) is 0 Å². The maximum atomic E-state index is 9.56. The standard InChI is InChI=1S/C10H12O.C7H7Cl.C2H6/c11-10-7-3-5-8-4-1-2-6-9(8)10;1-6-4-2-3-5-7(6)8;1-2/h1-2,4,6,10-11H,3,5,7H2;2-5H,1H3;1-2H3/t10-;;/m0../s1. The van der Waals surface area contributed by atoms with E-state index in [1.807, 2.05) is 63.2 Å². The van der Waals surface area contributed by atoms with Crippen LogP contribution in [0.5, 0.6) is 0 Å². The highest BCUT2D eigenvalue weighted by Crippen LogP contribution is 2.28. The molecule has 0 aromatic heterocycles. The van der Waals surface area contributed by atoms with Gasteiger partial charge in [-0.2, -0.15) is 0 Å². The van der Waals surface area contributed by atoms with Crippen LogP contribution in [-0.4, -0.2) is 5.11 Å². The van der Waals surface area contributed by atoms with Crippen LogP contribution in [0.15, 0.2) is 48.5 Å². The van der Waals surface area contributed by atoms with Gasteiger partial charge in [-0.1, -0.05) is 67.9 Å². The summed E-state index contributed by atoms with van der Waals surface area (Å²) in [6.45, 7) is 5.99. The zero-order chi connectivity index (χ0) is 15.7. The molecule has 2 aromatic rings. The molecule has 0 heterocycles. The highest BCUT2D eigenvalue weighted by Gasteiger charge is 2.15. The van der Waals surface area contributed by atoms with Crippen molar-refractivity contribution in [2.45, 2.75) is 46.1 Å². The van der Waals surface area contributed by atoms with E-state index in [1.165, 1.54) is 5.56 Å². The van der Waals surface area contributed by atoms with Crippen LogP contribution in [-0.2, 0) is 6.42 Å². The SMILES string of the molecule is CC.Cc1ccccc1Cl.O[C@H]1CCCc2ccccc21. The fourth-order valence-electron chi connectivity index (χ4n) is 2.28. The molecule has 21 heavy (non-hydrogen) atoms. The molecule has 0 bridgehead atoms. The van der Waals surface area contributed by atoms with Gasteiger partial charge in [0.1, 0.15) is 0 Å². The van der Waals surface area contributed by atoms with Crippen LogP contribution in [0.3, 0.4) is 0 Å². The van der Waals surface area contributed by atoms with Gasteiger partial charge in [-0.3, -0.25) is 0 Å². The lowest BCUT2D eigenvalue weighted by Gasteiger charge is -2.20. The van der Waals surface area contributed by atoms with Crippen LogP contribution in [0, 0.1) is 6.92 Å². The first-order valence-electron chi connectivity index (χ1n) is 7.65. The van der Waals surface area contributed by atoms with Crippen LogP contribution in [0.25, 0.3) is 0 Å². The summed E-state index contributed by atoms with van der Waals surface area (Å²) in [6.07, 6.45) is 2.97. The van der Waals surface area contributed by atoms with E-state index < -0.39 is 0 Å². The molecule has 0 spiro atoms. The number of rotatable bonds is 0.